The lowest BCUT2D eigenvalue weighted by Gasteiger charge is -2.35. The van der Waals surface area contributed by atoms with Gasteiger partial charge in [0.15, 0.2) is 34.5 Å². The van der Waals surface area contributed by atoms with Crippen molar-refractivity contribution in [2.45, 2.75) is 25.3 Å². The fourth-order valence-corrected chi connectivity index (χ4v) is 6.49. The second kappa shape index (κ2) is 11.5. The van der Waals surface area contributed by atoms with Gasteiger partial charge in [-0.2, -0.15) is 0 Å². The molecule has 0 spiro atoms. The average molecular weight is 607 g/mol. The van der Waals surface area contributed by atoms with Crippen LogP contribution < -0.4 is 23.7 Å². The number of carbonyl (C=O) groups excluding carboxylic acids is 1. The summed E-state index contributed by atoms with van der Waals surface area (Å²) in [7, 11) is 6.87. The van der Waals surface area contributed by atoms with Crippen molar-refractivity contribution in [1.29, 1.82) is 0 Å². The van der Waals surface area contributed by atoms with E-state index in [1.54, 1.807) is 27.4 Å². The first-order valence-corrected chi connectivity index (χ1v) is 14.9. The van der Waals surface area contributed by atoms with Gasteiger partial charge in [-0.15, -0.1) is 0 Å². The minimum absolute atomic E-state index is 0.0756. The van der Waals surface area contributed by atoms with E-state index in [2.05, 4.69) is 18.0 Å². The summed E-state index contributed by atoms with van der Waals surface area (Å²) in [5.74, 6) is 2.54. The molecule has 0 fully saturated rings. The molecule has 45 heavy (non-hydrogen) atoms. The van der Waals surface area contributed by atoms with Crippen molar-refractivity contribution < 1.29 is 33.6 Å². The second-order valence-corrected chi connectivity index (χ2v) is 11.5. The van der Waals surface area contributed by atoms with E-state index in [9.17, 15) is 9.90 Å². The van der Waals surface area contributed by atoms with Crippen LogP contribution in [0.15, 0.2) is 65.7 Å². The topological polar surface area (TPSA) is 99.0 Å². The molecule has 230 valence electrons. The molecule has 4 aromatic rings. The third-order valence-corrected chi connectivity index (χ3v) is 8.88. The molecular formula is C36H34N2O7. The van der Waals surface area contributed by atoms with Crippen molar-refractivity contribution >= 4 is 11.5 Å². The largest absolute Gasteiger partial charge is 0.504 e. The number of phenolic OH excluding ortho intramolecular Hbond substituents is 1. The minimum atomic E-state index is -0.339. The van der Waals surface area contributed by atoms with Crippen LogP contribution in [0.4, 0.5) is 0 Å². The molecule has 1 atom stereocenters. The highest BCUT2D eigenvalue weighted by Crippen LogP contribution is 2.49. The number of phenols is 1. The lowest BCUT2D eigenvalue weighted by molar-refractivity contribution is 0.106. The van der Waals surface area contributed by atoms with Gasteiger partial charge in [-0.3, -0.25) is 14.7 Å². The first-order valence-electron chi connectivity index (χ1n) is 14.9. The molecule has 4 aromatic carbocycles. The number of aliphatic imine (C=N–C) groups is 1. The molecule has 9 nitrogen and oxygen atoms in total. The highest BCUT2D eigenvalue weighted by molar-refractivity contribution is 6.52. The Morgan fingerprint density at radius 3 is 2.40 bits per heavy atom. The van der Waals surface area contributed by atoms with Crippen molar-refractivity contribution in [3.8, 4) is 46.0 Å². The fourth-order valence-electron chi connectivity index (χ4n) is 6.49. The molecule has 0 saturated carbocycles. The molecule has 4 aliphatic heterocycles. The molecular weight excluding hydrogens is 572 g/mol. The highest BCUT2D eigenvalue weighted by atomic mass is 16.5. The number of benzene rings is 4. The van der Waals surface area contributed by atoms with Gasteiger partial charge in [0.05, 0.1) is 26.9 Å². The Morgan fingerprint density at radius 1 is 0.867 bits per heavy atom. The summed E-state index contributed by atoms with van der Waals surface area (Å²) in [5, 5.41) is 10.6. The molecule has 0 radical (unpaired) electrons. The van der Waals surface area contributed by atoms with Gasteiger partial charge in [-0.25, -0.2) is 0 Å². The fraction of sp³-hybridized carbons (Fsp3) is 0.278. The Hall–Kier alpha value is -5.02. The number of likely N-dealkylation sites (N-methyl/N-ethyl adjacent to an activating group) is 1. The molecule has 0 aromatic heterocycles. The second-order valence-electron chi connectivity index (χ2n) is 11.5. The Balaban J connectivity index is 1.49. The van der Waals surface area contributed by atoms with Crippen LogP contribution in [0.5, 0.6) is 46.0 Å². The maximum atomic E-state index is 14.2. The van der Waals surface area contributed by atoms with Crippen LogP contribution in [0.3, 0.4) is 0 Å². The zero-order chi connectivity index (χ0) is 31.2. The number of Topliss-reactive ketones (excluding diaryl/α,β-unsaturated/α-hetero) is 1. The van der Waals surface area contributed by atoms with Crippen LogP contribution >= 0.6 is 0 Å². The number of hydrogen-bond donors (Lipinski definition) is 1. The van der Waals surface area contributed by atoms with Crippen LogP contribution in [0.2, 0.25) is 0 Å². The zero-order valence-electron chi connectivity index (χ0n) is 25.7. The average Bonchev–Trinajstić information content (AvgIpc) is 3.06. The van der Waals surface area contributed by atoms with Gasteiger partial charge in [0, 0.05) is 24.7 Å². The van der Waals surface area contributed by atoms with Crippen molar-refractivity contribution in [1.82, 2.24) is 4.90 Å². The number of fused-ring (bicyclic) bond motifs is 2. The number of ketones is 1. The lowest BCUT2D eigenvalue weighted by Crippen LogP contribution is -2.33. The predicted molar refractivity (Wildman–Crippen MR) is 169 cm³/mol. The van der Waals surface area contributed by atoms with E-state index in [1.165, 1.54) is 17.7 Å². The lowest BCUT2D eigenvalue weighted by atomic mass is 9.88. The zero-order valence-corrected chi connectivity index (χ0v) is 25.7. The molecule has 0 unspecified atom stereocenters. The normalized spacial score (nSPS) is 17.2. The minimum Gasteiger partial charge on any atom is -0.504 e. The summed E-state index contributed by atoms with van der Waals surface area (Å²) in [6.45, 7) is 1.31. The number of ether oxygens (including phenoxy) is 5. The SMILES string of the molecule is COc1cc2c3cc1Oc1c(OC)c(OC)cc4c1C(=NCC4)C(=O)c1ccc(O)c(c1)Oc1ccc(cc1)C[C@@H]3N(C)CC2. The monoisotopic (exact) mass is 606 g/mol. The van der Waals surface area contributed by atoms with E-state index < -0.39 is 0 Å². The maximum absolute atomic E-state index is 14.2. The van der Waals surface area contributed by atoms with Crippen molar-refractivity contribution in [3.63, 3.8) is 0 Å². The third-order valence-electron chi connectivity index (χ3n) is 8.88. The summed E-state index contributed by atoms with van der Waals surface area (Å²) < 4.78 is 30.3. The number of aromatic hydroxyl groups is 1. The number of nitrogens with zero attached hydrogens (tertiary/aromatic N) is 2. The smallest absolute Gasteiger partial charge is 0.211 e. The number of methoxy groups -OCH3 is 3. The molecule has 0 amide bonds. The van der Waals surface area contributed by atoms with Crippen LogP contribution in [0, 0.1) is 0 Å². The molecule has 0 aliphatic carbocycles. The number of rotatable bonds is 3. The summed E-state index contributed by atoms with van der Waals surface area (Å²) in [6.07, 6.45) is 2.21. The van der Waals surface area contributed by atoms with Crippen LogP contribution in [0.25, 0.3) is 0 Å². The molecule has 6 bridgehead atoms. The van der Waals surface area contributed by atoms with Crippen LogP contribution in [0.1, 0.15) is 44.2 Å². The summed E-state index contributed by atoms with van der Waals surface area (Å²) in [5.41, 5.74) is 5.38. The molecule has 4 aliphatic rings. The predicted octanol–water partition coefficient (Wildman–Crippen LogP) is 6.32. The van der Waals surface area contributed by atoms with Gasteiger partial charge < -0.3 is 28.8 Å². The summed E-state index contributed by atoms with van der Waals surface area (Å²) in [4.78, 5) is 21.3. The number of hydrogen-bond acceptors (Lipinski definition) is 9. The van der Waals surface area contributed by atoms with E-state index in [-0.39, 0.29) is 29.0 Å². The third kappa shape index (κ3) is 5.03. The van der Waals surface area contributed by atoms with E-state index in [1.807, 2.05) is 36.4 Å². The summed E-state index contributed by atoms with van der Waals surface area (Å²) in [6, 6.07) is 18.4. The van der Waals surface area contributed by atoms with Gasteiger partial charge in [-0.05, 0) is 97.1 Å². The Labute approximate surface area is 261 Å². The van der Waals surface area contributed by atoms with Gasteiger partial charge in [0.1, 0.15) is 11.5 Å². The quantitative estimate of drug-likeness (QED) is 0.290. The first kappa shape index (κ1) is 28.7. The summed E-state index contributed by atoms with van der Waals surface area (Å²) >= 11 is 0. The molecule has 4 heterocycles. The van der Waals surface area contributed by atoms with Gasteiger partial charge >= 0.3 is 0 Å². The Kier molecular flexibility index (Phi) is 7.33. The van der Waals surface area contributed by atoms with Crippen molar-refractivity contribution in [2.75, 3.05) is 41.5 Å². The van der Waals surface area contributed by atoms with Gasteiger partial charge in [0.2, 0.25) is 11.5 Å². The van der Waals surface area contributed by atoms with Crippen molar-refractivity contribution in [2.24, 2.45) is 4.99 Å². The molecule has 0 saturated heterocycles. The molecule has 8 rings (SSSR count). The van der Waals surface area contributed by atoms with E-state index >= 15 is 0 Å². The Bertz CT molecular complexity index is 1850. The number of carbonyl (C=O) groups is 1. The van der Waals surface area contributed by atoms with Gasteiger partial charge in [0.25, 0.3) is 0 Å². The van der Waals surface area contributed by atoms with Crippen molar-refractivity contribution in [3.05, 3.63) is 94.0 Å². The first-order chi connectivity index (χ1) is 21.9. The highest BCUT2D eigenvalue weighted by Gasteiger charge is 2.33. The van der Waals surface area contributed by atoms with Crippen LogP contribution in [-0.4, -0.2) is 63.0 Å². The maximum Gasteiger partial charge on any atom is 0.211 e. The molecule has 1 N–H and O–H groups in total. The molecule has 9 heteroatoms. The van der Waals surface area contributed by atoms with Crippen LogP contribution in [-0.2, 0) is 19.3 Å². The Morgan fingerprint density at radius 2 is 1.64 bits per heavy atom. The van der Waals surface area contributed by atoms with Gasteiger partial charge in [-0.1, -0.05) is 12.1 Å². The standard InChI is InChI=1S/C36H34N2O7/c1-38-14-12-21-16-29(41-2)30-19-25(21)26(38)15-20-5-8-24(9-6-20)44-28-18-23(7-10-27(28)39)34(40)33-32-22(11-13-37-33)17-31(42-3)35(43-4)36(32)45-30/h5-10,16-19,26,39H,11-15H2,1-4H3/t26-/m0/s1. The van der Waals surface area contributed by atoms with E-state index in [4.69, 9.17) is 28.7 Å². The van der Waals surface area contributed by atoms with E-state index in [0.29, 0.717) is 58.6 Å². The van der Waals surface area contributed by atoms with E-state index in [0.717, 1.165) is 36.1 Å².